The fourth-order valence-electron chi connectivity index (χ4n) is 1.68. The van der Waals surface area contributed by atoms with Crippen molar-refractivity contribution in [1.82, 2.24) is 4.98 Å². The highest BCUT2D eigenvalue weighted by atomic mass is 79.9. The van der Waals surface area contributed by atoms with Crippen LogP contribution in [0.5, 0.6) is 11.5 Å². The number of pyridine rings is 1. The third-order valence-electron chi connectivity index (χ3n) is 2.64. The number of ether oxygens (including phenoxy) is 2. The second kappa shape index (κ2) is 7.26. The van der Waals surface area contributed by atoms with Crippen molar-refractivity contribution >= 4 is 15.9 Å². The number of aliphatic hydroxyl groups is 1. The molecule has 0 saturated carbocycles. The number of halogens is 1. The molecule has 2 rings (SSSR count). The Bertz CT molecular complexity index is 558. The van der Waals surface area contributed by atoms with Gasteiger partial charge in [0.05, 0.1) is 6.61 Å². The van der Waals surface area contributed by atoms with Gasteiger partial charge in [0.2, 0.25) is 0 Å². The smallest absolute Gasteiger partial charge is 0.143 e. The Hall–Kier alpha value is -1.59. The van der Waals surface area contributed by atoms with Gasteiger partial charge >= 0.3 is 0 Å². The number of aliphatic hydroxyl groups excluding tert-OH is 1. The Morgan fingerprint density at radius 3 is 2.45 bits per heavy atom. The lowest BCUT2D eigenvalue weighted by molar-refractivity contribution is 0.208. The van der Waals surface area contributed by atoms with E-state index in [9.17, 15) is 5.11 Å². The van der Waals surface area contributed by atoms with E-state index in [-0.39, 0.29) is 6.61 Å². The molecule has 0 fully saturated rings. The Morgan fingerprint density at radius 2 is 1.75 bits per heavy atom. The van der Waals surface area contributed by atoms with E-state index < -0.39 is 0 Å². The van der Waals surface area contributed by atoms with Crippen LogP contribution in [0.2, 0.25) is 0 Å². The molecule has 0 amide bonds. The number of nitrogens with zero attached hydrogens (tertiary/aromatic N) is 1. The molecule has 106 valence electrons. The average Bonchev–Trinajstić information content (AvgIpc) is 2.46. The highest BCUT2D eigenvalue weighted by molar-refractivity contribution is 9.10. The summed E-state index contributed by atoms with van der Waals surface area (Å²) < 4.78 is 12.1. The molecule has 1 N–H and O–H groups in total. The van der Waals surface area contributed by atoms with Crippen LogP contribution in [0.25, 0.3) is 0 Å². The lowest BCUT2D eigenvalue weighted by Crippen LogP contribution is -2.10. The zero-order chi connectivity index (χ0) is 14.4. The quantitative estimate of drug-likeness (QED) is 0.823. The maximum Gasteiger partial charge on any atom is 0.143 e. The van der Waals surface area contributed by atoms with Crippen molar-refractivity contribution in [3.8, 4) is 11.5 Å². The molecule has 0 unspecified atom stereocenters. The standard InChI is InChI=1S/C15H16BrNO3/c1-11-2-7-15(14(10-18)17-11)20-9-8-19-13-5-3-12(16)4-6-13/h2-7,18H,8-10H2,1H3. The SMILES string of the molecule is Cc1ccc(OCCOc2ccc(Br)cc2)c(CO)n1. The molecular formula is C15H16BrNO3. The monoisotopic (exact) mass is 337 g/mol. The van der Waals surface area contributed by atoms with Gasteiger partial charge in [-0.05, 0) is 43.3 Å². The summed E-state index contributed by atoms with van der Waals surface area (Å²) in [4.78, 5) is 4.22. The molecule has 1 heterocycles. The van der Waals surface area contributed by atoms with Crippen LogP contribution in [-0.2, 0) is 6.61 Å². The van der Waals surface area contributed by atoms with Crippen LogP contribution in [0.1, 0.15) is 11.4 Å². The predicted molar refractivity (Wildman–Crippen MR) is 80.0 cm³/mol. The number of aromatic nitrogens is 1. The highest BCUT2D eigenvalue weighted by Gasteiger charge is 2.04. The minimum Gasteiger partial charge on any atom is -0.490 e. The van der Waals surface area contributed by atoms with Crippen LogP contribution >= 0.6 is 15.9 Å². The van der Waals surface area contributed by atoms with Crippen molar-refractivity contribution in [3.05, 3.63) is 52.3 Å². The first-order chi connectivity index (χ1) is 9.69. The van der Waals surface area contributed by atoms with Gasteiger partial charge in [-0.25, -0.2) is 0 Å². The average molecular weight is 338 g/mol. The number of hydrogen-bond donors (Lipinski definition) is 1. The van der Waals surface area contributed by atoms with E-state index in [0.717, 1.165) is 15.9 Å². The summed E-state index contributed by atoms with van der Waals surface area (Å²) in [7, 11) is 0. The van der Waals surface area contributed by atoms with Gasteiger partial charge in [0, 0.05) is 10.2 Å². The largest absolute Gasteiger partial charge is 0.490 e. The van der Waals surface area contributed by atoms with E-state index >= 15 is 0 Å². The molecule has 0 aliphatic heterocycles. The lowest BCUT2D eigenvalue weighted by Gasteiger charge is -2.11. The second-order valence-electron chi connectivity index (χ2n) is 4.21. The molecule has 0 aliphatic carbocycles. The summed E-state index contributed by atoms with van der Waals surface area (Å²) in [6, 6.07) is 11.3. The van der Waals surface area contributed by atoms with Crippen molar-refractivity contribution in [2.75, 3.05) is 13.2 Å². The van der Waals surface area contributed by atoms with E-state index in [1.807, 2.05) is 43.3 Å². The van der Waals surface area contributed by atoms with Crippen LogP contribution in [0, 0.1) is 6.92 Å². The van der Waals surface area contributed by atoms with E-state index in [1.165, 1.54) is 0 Å². The first-order valence-electron chi connectivity index (χ1n) is 6.27. The molecule has 0 bridgehead atoms. The number of aryl methyl sites for hydroxylation is 1. The number of rotatable bonds is 6. The fraction of sp³-hybridized carbons (Fsp3) is 0.267. The van der Waals surface area contributed by atoms with Gasteiger partial charge in [0.15, 0.2) is 0 Å². The molecule has 1 aromatic heterocycles. The van der Waals surface area contributed by atoms with Gasteiger partial charge < -0.3 is 14.6 Å². The summed E-state index contributed by atoms with van der Waals surface area (Å²) in [6.45, 7) is 2.57. The van der Waals surface area contributed by atoms with Gasteiger partial charge in [-0.1, -0.05) is 15.9 Å². The molecule has 2 aromatic rings. The summed E-state index contributed by atoms with van der Waals surface area (Å²) in [5.41, 5.74) is 1.40. The van der Waals surface area contributed by atoms with Gasteiger partial charge in [-0.2, -0.15) is 0 Å². The number of hydrogen-bond acceptors (Lipinski definition) is 4. The van der Waals surface area contributed by atoms with Crippen molar-refractivity contribution in [2.45, 2.75) is 13.5 Å². The van der Waals surface area contributed by atoms with E-state index in [1.54, 1.807) is 0 Å². The van der Waals surface area contributed by atoms with Crippen LogP contribution in [-0.4, -0.2) is 23.3 Å². The van der Waals surface area contributed by atoms with Crippen molar-refractivity contribution < 1.29 is 14.6 Å². The first kappa shape index (κ1) is 14.8. The fourth-order valence-corrected chi connectivity index (χ4v) is 1.95. The normalized spacial score (nSPS) is 10.3. The van der Waals surface area contributed by atoms with Crippen LogP contribution in [0.3, 0.4) is 0 Å². The third kappa shape index (κ3) is 4.21. The molecule has 1 aromatic carbocycles. The molecule has 20 heavy (non-hydrogen) atoms. The van der Waals surface area contributed by atoms with Crippen molar-refractivity contribution in [3.63, 3.8) is 0 Å². The molecular weight excluding hydrogens is 322 g/mol. The minimum absolute atomic E-state index is 0.134. The van der Waals surface area contributed by atoms with Crippen LogP contribution < -0.4 is 9.47 Å². The molecule has 4 nitrogen and oxygen atoms in total. The molecule has 0 atom stereocenters. The predicted octanol–water partition coefficient (Wildman–Crippen LogP) is 3.10. The van der Waals surface area contributed by atoms with Gasteiger partial charge in [-0.15, -0.1) is 0 Å². The highest BCUT2D eigenvalue weighted by Crippen LogP contribution is 2.18. The van der Waals surface area contributed by atoms with E-state index in [4.69, 9.17) is 9.47 Å². The summed E-state index contributed by atoms with van der Waals surface area (Å²) in [5.74, 6) is 1.39. The van der Waals surface area contributed by atoms with Crippen LogP contribution in [0.4, 0.5) is 0 Å². The molecule has 0 saturated heterocycles. The first-order valence-corrected chi connectivity index (χ1v) is 7.07. The lowest BCUT2D eigenvalue weighted by atomic mass is 10.3. The topological polar surface area (TPSA) is 51.6 Å². The Labute approximate surface area is 126 Å². The second-order valence-corrected chi connectivity index (χ2v) is 5.12. The zero-order valence-electron chi connectivity index (χ0n) is 11.2. The Morgan fingerprint density at radius 1 is 1.05 bits per heavy atom. The summed E-state index contributed by atoms with van der Waals surface area (Å²) >= 11 is 3.37. The van der Waals surface area contributed by atoms with Crippen LogP contribution in [0.15, 0.2) is 40.9 Å². The molecule has 0 spiro atoms. The maximum absolute atomic E-state index is 9.23. The van der Waals surface area contributed by atoms with E-state index in [0.29, 0.717) is 24.7 Å². The Balaban J connectivity index is 1.82. The van der Waals surface area contributed by atoms with Crippen molar-refractivity contribution in [2.24, 2.45) is 0 Å². The third-order valence-corrected chi connectivity index (χ3v) is 3.17. The summed E-state index contributed by atoms with van der Waals surface area (Å²) in [5, 5.41) is 9.23. The molecule has 5 heteroatoms. The maximum atomic E-state index is 9.23. The van der Waals surface area contributed by atoms with Gasteiger partial charge in [-0.3, -0.25) is 4.98 Å². The number of benzene rings is 1. The zero-order valence-corrected chi connectivity index (χ0v) is 12.8. The van der Waals surface area contributed by atoms with E-state index in [2.05, 4.69) is 20.9 Å². The van der Waals surface area contributed by atoms with Crippen molar-refractivity contribution in [1.29, 1.82) is 0 Å². The minimum atomic E-state index is -0.134. The molecule has 0 radical (unpaired) electrons. The Kier molecular flexibility index (Phi) is 5.38. The van der Waals surface area contributed by atoms with Gasteiger partial charge in [0.25, 0.3) is 0 Å². The summed E-state index contributed by atoms with van der Waals surface area (Å²) in [6.07, 6.45) is 0. The molecule has 0 aliphatic rings. The van der Waals surface area contributed by atoms with Gasteiger partial charge in [0.1, 0.15) is 30.4 Å².